The van der Waals surface area contributed by atoms with Crippen LogP contribution in [0.3, 0.4) is 0 Å². The number of rotatable bonds is 4. The summed E-state index contributed by atoms with van der Waals surface area (Å²) in [5.74, 6) is -0.531. The van der Waals surface area contributed by atoms with Gasteiger partial charge in [-0.3, -0.25) is 9.78 Å². The first-order valence-electron chi connectivity index (χ1n) is 10.1. The first kappa shape index (κ1) is 20.5. The van der Waals surface area contributed by atoms with Crippen LogP contribution in [0.5, 0.6) is 0 Å². The Kier molecular flexibility index (Phi) is 5.58. The van der Waals surface area contributed by atoms with Gasteiger partial charge in [0.2, 0.25) is 15.9 Å². The molecule has 1 fully saturated rings. The lowest BCUT2D eigenvalue weighted by Crippen LogP contribution is -2.43. The predicted molar refractivity (Wildman–Crippen MR) is 118 cm³/mol. The lowest BCUT2D eigenvalue weighted by molar-refractivity contribution is -0.120. The van der Waals surface area contributed by atoms with Gasteiger partial charge in [-0.2, -0.15) is 4.31 Å². The van der Waals surface area contributed by atoms with Crippen molar-refractivity contribution in [2.24, 2.45) is 5.92 Å². The number of nitrogens with one attached hydrogen (secondary N) is 1. The number of hydrogen-bond acceptors (Lipinski definition) is 4. The summed E-state index contributed by atoms with van der Waals surface area (Å²) in [7, 11) is -3.75. The molecule has 1 atom stereocenters. The summed E-state index contributed by atoms with van der Waals surface area (Å²) in [5, 5.41) is 3.77. The van der Waals surface area contributed by atoms with Gasteiger partial charge in [0.05, 0.1) is 11.4 Å². The Morgan fingerprint density at radius 1 is 1.10 bits per heavy atom. The van der Waals surface area contributed by atoms with Crippen LogP contribution in [0.15, 0.2) is 59.6 Å². The lowest BCUT2D eigenvalue weighted by Gasteiger charge is -2.31. The van der Waals surface area contributed by atoms with Crippen molar-refractivity contribution in [3.63, 3.8) is 0 Å². The zero-order valence-corrected chi connectivity index (χ0v) is 17.9. The summed E-state index contributed by atoms with van der Waals surface area (Å²) in [6.45, 7) is 4.54. The molecular weight excluding hydrogens is 398 g/mol. The average molecular weight is 424 g/mol. The number of aromatic nitrogens is 1. The van der Waals surface area contributed by atoms with E-state index in [4.69, 9.17) is 0 Å². The number of carbonyl (C=O) groups is 1. The van der Waals surface area contributed by atoms with E-state index in [0.29, 0.717) is 24.9 Å². The van der Waals surface area contributed by atoms with Crippen molar-refractivity contribution < 1.29 is 13.2 Å². The van der Waals surface area contributed by atoms with Crippen LogP contribution in [0.2, 0.25) is 0 Å². The molecule has 0 spiro atoms. The molecule has 0 unspecified atom stereocenters. The summed E-state index contributed by atoms with van der Waals surface area (Å²) in [5.41, 5.74) is 3.36. The summed E-state index contributed by atoms with van der Waals surface area (Å²) < 4.78 is 28.2. The molecule has 1 aromatic heterocycles. The van der Waals surface area contributed by atoms with Crippen molar-refractivity contribution in [2.75, 3.05) is 18.4 Å². The fraction of sp³-hybridized carbons (Fsp3) is 0.304. The van der Waals surface area contributed by atoms with E-state index in [9.17, 15) is 13.2 Å². The summed E-state index contributed by atoms with van der Waals surface area (Å²) in [6.07, 6.45) is 2.90. The zero-order valence-electron chi connectivity index (χ0n) is 17.1. The number of anilines is 1. The van der Waals surface area contributed by atoms with Crippen molar-refractivity contribution in [3.8, 4) is 0 Å². The van der Waals surface area contributed by atoms with Gasteiger partial charge >= 0.3 is 0 Å². The fourth-order valence-corrected chi connectivity index (χ4v) is 5.61. The van der Waals surface area contributed by atoms with Crippen molar-refractivity contribution in [2.45, 2.75) is 31.6 Å². The van der Waals surface area contributed by atoms with E-state index in [0.717, 1.165) is 22.2 Å². The number of amides is 1. The van der Waals surface area contributed by atoms with Gasteiger partial charge in [-0.1, -0.05) is 30.3 Å². The molecule has 1 N–H and O–H groups in total. The van der Waals surface area contributed by atoms with E-state index in [2.05, 4.69) is 10.3 Å². The number of nitrogens with zero attached hydrogens (tertiary/aromatic N) is 2. The van der Waals surface area contributed by atoms with Gasteiger partial charge in [-0.15, -0.1) is 0 Å². The van der Waals surface area contributed by atoms with E-state index in [1.54, 1.807) is 24.4 Å². The van der Waals surface area contributed by atoms with Crippen LogP contribution in [0.25, 0.3) is 10.9 Å². The highest BCUT2D eigenvalue weighted by atomic mass is 32.2. The molecule has 1 amide bonds. The highest BCUT2D eigenvalue weighted by molar-refractivity contribution is 7.89. The highest BCUT2D eigenvalue weighted by Gasteiger charge is 2.34. The van der Waals surface area contributed by atoms with Crippen molar-refractivity contribution in [1.29, 1.82) is 0 Å². The average Bonchev–Trinajstić information content (AvgIpc) is 2.76. The van der Waals surface area contributed by atoms with Gasteiger partial charge in [-0.25, -0.2) is 8.42 Å². The van der Waals surface area contributed by atoms with Gasteiger partial charge < -0.3 is 5.32 Å². The first-order chi connectivity index (χ1) is 14.4. The molecule has 7 heteroatoms. The Balaban J connectivity index is 1.57. The number of benzene rings is 2. The number of carbonyl (C=O) groups excluding carboxylic acids is 1. The molecule has 30 heavy (non-hydrogen) atoms. The molecule has 1 aliphatic rings. The molecule has 1 aliphatic heterocycles. The third kappa shape index (κ3) is 3.82. The van der Waals surface area contributed by atoms with Gasteiger partial charge in [0.25, 0.3) is 0 Å². The zero-order chi connectivity index (χ0) is 21.3. The number of pyridine rings is 1. The molecule has 2 aromatic carbocycles. The first-order valence-corrected chi connectivity index (χ1v) is 11.5. The molecule has 4 rings (SSSR count). The molecular formula is C23H25N3O3S. The van der Waals surface area contributed by atoms with E-state index in [-0.39, 0.29) is 17.3 Å². The standard InChI is InChI=1S/C23H25N3O3S/c1-16-7-3-11-20(17(16)2)25-23(27)19-10-6-14-26(15-19)30(28,29)21-12-4-8-18-9-5-13-24-22(18)21/h3-5,7-9,11-13,19H,6,10,14-15H2,1-2H3,(H,25,27)/t19-/m0/s1. The normalized spacial score (nSPS) is 17.7. The molecule has 6 nitrogen and oxygen atoms in total. The van der Waals surface area contributed by atoms with Crippen LogP contribution < -0.4 is 5.32 Å². The maximum absolute atomic E-state index is 13.4. The quantitative estimate of drug-likeness (QED) is 0.690. The number of para-hydroxylation sites is 1. The molecule has 3 aromatic rings. The molecule has 0 aliphatic carbocycles. The number of hydrogen-bond donors (Lipinski definition) is 1. The van der Waals surface area contributed by atoms with E-state index < -0.39 is 15.9 Å². The van der Waals surface area contributed by atoms with Crippen LogP contribution in [0.4, 0.5) is 5.69 Å². The minimum atomic E-state index is -3.75. The number of fused-ring (bicyclic) bond motifs is 1. The summed E-state index contributed by atoms with van der Waals surface area (Å²) >= 11 is 0. The lowest BCUT2D eigenvalue weighted by atomic mass is 9.98. The molecule has 0 radical (unpaired) electrons. The summed E-state index contributed by atoms with van der Waals surface area (Å²) in [6, 6.07) is 14.6. The van der Waals surface area contributed by atoms with E-state index in [1.165, 1.54) is 4.31 Å². The van der Waals surface area contributed by atoms with Crippen molar-refractivity contribution >= 4 is 32.5 Å². The summed E-state index contributed by atoms with van der Waals surface area (Å²) in [4.78, 5) is 17.4. The minimum Gasteiger partial charge on any atom is -0.326 e. The van der Waals surface area contributed by atoms with Crippen LogP contribution >= 0.6 is 0 Å². The minimum absolute atomic E-state index is 0.139. The van der Waals surface area contributed by atoms with Crippen LogP contribution in [0.1, 0.15) is 24.0 Å². The third-order valence-corrected chi connectivity index (χ3v) is 7.73. The fourth-order valence-electron chi connectivity index (χ4n) is 3.92. The maximum atomic E-state index is 13.4. The Morgan fingerprint density at radius 2 is 1.87 bits per heavy atom. The Labute approximate surface area is 177 Å². The maximum Gasteiger partial charge on any atom is 0.245 e. The number of aryl methyl sites for hydroxylation is 1. The second kappa shape index (κ2) is 8.16. The number of sulfonamides is 1. The van der Waals surface area contributed by atoms with Crippen molar-refractivity contribution in [3.05, 3.63) is 65.9 Å². The van der Waals surface area contributed by atoms with Gasteiger partial charge in [-0.05, 0) is 56.0 Å². The van der Waals surface area contributed by atoms with Crippen LogP contribution in [0, 0.1) is 19.8 Å². The SMILES string of the molecule is Cc1cccc(NC(=O)[C@H]2CCCN(S(=O)(=O)c3cccc4cccnc34)C2)c1C. The van der Waals surface area contributed by atoms with Gasteiger partial charge in [0.15, 0.2) is 0 Å². The predicted octanol–water partition coefficient (Wildman–Crippen LogP) is 3.89. The molecule has 1 saturated heterocycles. The Morgan fingerprint density at radius 3 is 2.70 bits per heavy atom. The topological polar surface area (TPSA) is 79.4 Å². The number of piperidine rings is 1. The van der Waals surface area contributed by atoms with Gasteiger partial charge in [0.1, 0.15) is 4.90 Å². The highest BCUT2D eigenvalue weighted by Crippen LogP contribution is 2.29. The van der Waals surface area contributed by atoms with Gasteiger partial charge in [0, 0.05) is 30.4 Å². The van der Waals surface area contributed by atoms with E-state index in [1.807, 2.05) is 44.2 Å². The molecule has 2 heterocycles. The largest absolute Gasteiger partial charge is 0.326 e. The third-order valence-electron chi connectivity index (χ3n) is 5.83. The van der Waals surface area contributed by atoms with E-state index >= 15 is 0 Å². The monoisotopic (exact) mass is 423 g/mol. The Bertz CT molecular complexity index is 1200. The van der Waals surface area contributed by atoms with Crippen LogP contribution in [-0.2, 0) is 14.8 Å². The Hall–Kier alpha value is -2.77. The molecule has 0 saturated carbocycles. The second-order valence-corrected chi connectivity index (χ2v) is 9.68. The van der Waals surface area contributed by atoms with Crippen LogP contribution in [-0.4, -0.2) is 36.7 Å². The smallest absolute Gasteiger partial charge is 0.245 e. The molecule has 0 bridgehead atoms. The second-order valence-electron chi connectivity index (χ2n) is 7.77. The van der Waals surface area contributed by atoms with Crippen molar-refractivity contribution in [1.82, 2.24) is 9.29 Å². The molecule has 156 valence electrons.